The number of hydrogen-bond acceptors (Lipinski definition) is 3. The molecule has 2 aromatic rings. The molecule has 1 aliphatic heterocycles. The Bertz CT molecular complexity index is 934. The van der Waals surface area contributed by atoms with E-state index in [0.29, 0.717) is 24.4 Å². The number of nitrogens with zero attached hydrogens (tertiary/aromatic N) is 1. The Morgan fingerprint density at radius 2 is 1.89 bits per heavy atom. The summed E-state index contributed by atoms with van der Waals surface area (Å²) in [5.41, 5.74) is 0.799. The van der Waals surface area contributed by atoms with Gasteiger partial charge in [-0.2, -0.15) is 4.31 Å². The zero-order valence-electron chi connectivity index (χ0n) is 14.7. The molecule has 0 aromatic heterocycles. The van der Waals surface area contributed by atoms with Crippen LogP contribution in [0.2, 0.25) is 5.02 Å². The van der Waals surface area contributed by atoms with Gasteiger partial charge < -0.3 is 5.32 Å². The lowest BCUT2D eigenvalue weighted by molar-refractivity contribution is -0.124. The third kappa shape index (κ3) is 4.37. The molecule has 1 N–H and O–H groups in total. The molecule has 0 bridgehead atoms. The molecule has 2 atom stereocenters. The molecular formula is C19H20BrClN2O3S. The van der Waals surface area contributed by atoms with Crippen LogP contribution in [0.1, 0.15) is 31.4 Å². The molecule has 0 radical (unpaired) electrons. The first-order valence-corrected chi connectivity index (χ1v) is 11.2. The van der Waals surface area contributed by atoms with E-state index < -0.39 is 16.1 Å². The molecule has 1 amide bonds. The van der Waals surface area contributed by atoms with Gasteiger partial charge in [0, 0.05) is 16.0 Å². The van der Waals surface area contributed by atoms with Gasteiger partial charge in [0.05, 0.1) is 10.9 Å². The molecule has 2 aromatic carbocycles. The van der Waals surface area contributed by atoms with E-state index in [1.165, 1.54) is 4.31 Å². The second-order valence-corrected chi connectivity index (χ2v) is 9.69. The van der Waals surface area contributed by atoms with Crippen molar-refractivity contribution in [2.24, 2.45) is 0 Å². The van der Waals surface area contributed by atoms with Gasteiger partial charge in [0.25, 0.3) is 0 Å². The number of halogens is 2. The predicted octanol–water partition coefficient (Wildman–Crippen LogP) is 4.13. The van der Waals surface area contributed by atoms with E-state index in [0.717, 1.165) is 10.0 Å². The van der Waals surface area contributed by atoms with Crippen LogP contribution in [0.5, 0.6) is 0 Å². The molecule has 144 valence electrons. The molecule has 0 spiro atoms. The maximum atomic E-state index is 13.0. The van der Waals surface area contributed by atoms with Crippen LogP contribution >= 0.6 is 27.5 Å². The van der Waals surface area contributed by atoms with Crippen LogP contribution in [0.25, 0.3) is 0 Å². The normalized spacial score (nSPS) is 19.0. The first kappa shape index (κ1) is 20.3. The molecule has 8 heteroatoms. The van der Waals surface area contributed by atoms with Crippen LogP contribution in [0.3, 0.4) is 0 Å². The van der Waals surface area contributed by atoms with Gasteiger partial charge in [0.2, 0.25) is 15.9 Å². The average Bonchev–Trinajstić information content (AvgIpc) is 3.13. The molecular weight excluding hydrogens is 452 g/mol. The van der Waals surface area contributed by atoms with Crippen molar-refractivity contribution in [3.8, 4) is 0 Å². The quantitative estimate of drug-likeness (QED) is 0.713. The van der Waals surface area contributed by atoms with Crippen LogP contribution in [0, 0.1) is 0 Å². The van der Waals surface area contributed by atoms with Gasteiger partial charge in [-0.3, -0.25) is 4.79 Å². The monoisotopic (exact) mass is 470 g/mol. The second kappa shape index (κ2) is 8.31. The zero-order chi connectivity index (χ0) is 19.6. The third-order valence-electron chi connectivity index (χ3n) is 4.66. The Balaban J connectivity index is 1.78. The van der Waals surface area contributed by atoms with Crippen LogP contribution in [-0.2, 0) is 14.8 Å². The Morgan fingerprint density at radius 3 is 2.56 bits per heavy atom. The van der Waals surface area contributed by atoms with E-state index >= 15 is 0 Å². The lowest BCUT2D eigenvalue weighted by Crippen LogP contribution is -2.46. The van der Waals surface area contributed by atoms with Gasteiger partial charge in [0.1, 0.15) is 6.04 Å². The smallest absolute Gasteiger partial charge is 0.243 e. The summed E-state index contributed by atoms with van der Waals surface area (Å²) >= 11 is 9.50. The minimum Gasteiger partial charge on any atom is -0.348 e. The van der Waals surface area contributed by atoms with E-state index in [-0.39, 0.29) is 16.8 Å². The molecule has 1 heterocycles. The number of carbonyl (C=O) groups is 1. The fourth-order valence-electron chi connectivity index (χ4n) is 3.25. The Kier molecular flexibility index (Phi) is 6.25. The van der Waals surface area contributed by atoms with Gasteiger partial charge in [-0.15, -0.1) is 0 Å². The minimum absolute atomic E-state index is 0.185. The number of amides is 1. The number of hydrogen-bond donors (Lipinski definition) is 1. The summed E-state index contributed by atoms with van der Waals surface area (Å²) in [6.07, 6.45) is 1.14. The predicted molar refractivity (Wildman–Crippen MR) is 109 cm³/mol. The molecule has 1 fully saturated rings. The highest BCUT2D eigenvalue weighted by atomic mass is 79.9. The fourth-order valence-corrected chi connectivity index (χ4v) is 5.47. The van der Waals surface area contributed by atoms with Crippen LogP contribution in [-0.4, -0.2) is 31.2 Å². The standard InChI is InChI=1S/C19H20BrClN2O3S/c1-13(16-5-2-3-6-17(16)21)22-19(24)18-7-4-12-23(18)27(25,26)15-10-8-14(20)9-11-15/h2-3,5-6,8-11,13,18H,4,7,12H2,1H3,(H,22,24)/t13-,18-/m1/s1. The topological polar surface area (TPSA) is 66.5 Å². The van der Waals surface area contributed by atoms with Crippen molar-refractivity contribution >= 4 is 43.5 Å². The molecule has 0 aliphatic carbocycles. The summed E-state index contributed by atoms with van der Waals surface area (Å²) in [6, 6.07) is 12.7. The molecule has 3 rings (SSSR count). The zero-order valence-corrected chi connectivity index (χ0v) is 17.9. The SMILES string of the molecule is C[C@@H](NC(=O)[C@H]1CCCN1S(=O)(=O)c1ccc(Br)cc1)c1ccccc1Cl. The summed E-state index contributed by atoms with van der Waals surface area (Å²) < 4.78 is 28.1. The van der Waals surface area contributed by atoms with Gasteiger partial charge in [-0.05, 0) is 55.7 Å². The van der Waals surface area contributed by atoms with Crippen LogP contribution in [0.15, 0.2) is 57.9 Å². The van der Waals surface area contributed by atoms with E-state index in [1.54, 1.807) is 30.3 Å². The number of carbonyl (C=O) groups excluding carboxylic acids is 1. The van der Waals surface area contributed by atoms with E-state index in [9.17, 15) is 13.2 Å². The summed E-state index contributed by atoms with van der Waals surface area (Å²) in [5, 5.41) is 3.47. The van der Waals surface area contributed by atoms with Crippen molar-refractivity contribution in [2.45, 2.75) is 36.7 Å². The highest BCUT2D eigenvalue weighted by Crippen LogP contribution is 2.28. The van der Waals surface area contributed by atoms with Gasteiger partial charge >= 0.3 is 0 Å². The number of benzene rings is 2. The van der Waals surface area contributed by atoms with Crippen molar-refractivity contribution in [2.75, 3.05) is 6.54 Å². The first-order chi connectivity index (χ1) is 12.8. The van der Waals surface area contributed by atoms with Crippen LogP contribution in [0.4, 0.5) is 0 Å². The number of nitrogens with one attached hydrogen (secondary N) is 1. The molecule has 1 saturated heterocycles. The second-order valence-electron chi connectivity index (χ2n) is 6.48. The molecule has 1 aliphatic rings. The maximum absolute atomic E-state index is 13.0. The lowest BCUT2D eigenvalue weighted by Gasteiger charge is -2.25. The van der Waals surface area contributed by atoms with Crippen molar-refractivity contribution in [3.63, 3.8) is 0 Å². The van der Waals surface area contributed by atoms with E-state index in [2.05, 4.69) is 21.2 Å². The highest BCUT2D eigenvalue weighted by molar-refractivity contribution is 9.10. The van der Waals surface area contributed by atoms with Crippen molar-refractivity contribution in [3.05, 3.63) is 63.6 Å². The Hall–Kier alpha value is -1.41. The summed E-state index contributed by atoms with van der Waals surface area (Å²) in [7, 11) is -3.73. The molecule has 27 heavy (non-hydrogen) atoms. The van der Waals surface area contributed by atoms with E-state index in [1.807, 2.05) is 25.1 Å². The largest absolute Gasteiger partial charge is 0.348 e. The molecule has 5 nitrogen and oxygen atoms in total. The molecule has 0 saturated carbocycles. The average molecular weight is 472 g/mol. The minimum atomic E-state index is -3.73. The Labute approximate surface area is 172 Å². The van der Waals surface area contributed by atoms with Gasteiger partial charge in [0.15, 0.2) is 0 Å². The fraction of sp³-hybridized carbons (Fsp3) is 0.316. The summed E-state index contributed by atoms with van der Waals surface area (Å²) in [5.74, 6) is -0.305. The highest BCUT2D eigenvalue weighted by Gasteiger charge is 2.39. The summed E-state index contributed by atoms with van der Waals surface area (Å²) in [4.78, 5) is 13.0. The Morgan fingerprint density at radius 1 is 1.22 bits per heavy atom. The van der Waals surface area contributed by atoms with Crippen molar-refractivity contribution in [1.29, 1.82) is 0 Å². The number of rotatable bonds is 5. The summed E-state index contributed by atoms with van der Waals surface area (Å²) in [6.45, 7) is 2.17. The van der Waals surface area contributed by atoms with Crippen molar-refractivity contribution in [1.82, 2.24) is 9.62 Å². The third-order valence-corrected chi connectivity index (χ3v) is 7.45. The maximum Gasteiger partial charge on any atom is 0.243 e. The first-order valence-electron chi connectivity index (χ1n) is 8.63. The van der Waals surface area contributed by atoms with Gasteiger partial charge in [-0.25, -0.2) is 8.42 Å². The lowest BCUT2D eigenvalue weighted by atomic mass is 10.1. The van der Waals surface area contributed by atoms with Crippen LogP contribution < -0.4 is 5.32 Å². The van der Waals surface area contributed by atoms with Gasteiger partial charge in [-0.1, -0.05) is 45.7 Å². The number of sulfonamides is 1. The van der Waals surface area contributed by atoms with E-state index in [4.69, 9.17) is 11.6 Å². The van der Waals surface area contributed by atoms with Crippen molar-refractivity contribution < 1.29 is 13.2 Å². The molecule has 0 unspecified atom stereocenters.